The van der Waals surface area contributed by atoms with Crippen LogP contribution in [-0.2, 0) is 22.1 Å². The molecule has 3 aromatic rings. The summed E-state index contributed by atoms with van der Waals surface area (Å²) in [7, 11) is -1.33. The predicted octanol–water partition coefficient (Wildman–Crippen LogP) is 5.11. The molecule has 218 valence electrons. The van der Waals surface area contributed by atoms with Crippen LogP contribution in [0.15, 0.2) is 55.8 Å². The summed E-state index contributed by atoms with van der Waals surface area (Å²) in [6.07, 6.45) is 4.64. The lowest BCUT2D eigenvalue weighted by molar-refractivity contribution is -0.114. The van der Waals surface area contributed by atoms with Gasteiger partial charge in [0.15, 0.2) is 11.4 Å². The van der Waals surface area contributed by atoms with Crippen LogP contribution in [0.25, 0.3) is 16.7 Å². The molecule has 2 aromatic heterocycles. The Balaban J connectivity index is 0.000000777. The average Bonchev–Trinajstić information content (AvgIpc) is 3.55. The first-order valence-corrected chi connectivity index (χ1v) is 15.5. The molecule has 8 nitrogen and oxygen atoms in total. The molecule has 3 N–H and O–H groups in total. The lowest BCUT2D eigenvalue weighted by Crippen LogP contribution is -2.41. The smallest absolute Gasteiger partial charge is 0.408 e. The first kappa shape index (κ1) is 29.3. The van der Waals surface area contributed by atoms with E-state index >= 15 is 0 Å². The van der Waals surface area contributed by atoms with Gasteiger partial charge in [0.25, 0.3) is 0 Å². The summed E-state index contributed by atoms with van der Waals surface area (Å²) in [6, 6.07) is 6.16. The van der Waals surface area contributed by atoms with Crippen molar-refractivity contribution in [2.75, 3.05) is 5.75 Å². The molecule has 41 heavy (non-hydrogen) atoms. The minimum absolute atomic E-state index is 0.0254. The minimum atomic E-state index is -1.33. The molecule has 1 aromatic carbocycles. The number of pyridine rings is 1. The maximum atomic E-state index is 13.5. The molecule has 3 aliphatic rings. The summed E-state index contributed by atoms with van der Waals surface area (Å²) in [5.74, 6) is -0.0203. The van der Waals surface area contributed by atoms with Gasteiger partial charge in [-0.3, -0.25) is 18.6 Å². The number of nitrogens with zero attached hydrogens (tertiary/aromatic N) is 2. The van der Waals surface area contributed by atoms with Crippen LogP contribution >= 0.6 is 11.6 Å². The molecule has 1 fully saturated rings. The molecule has 0 spiro atoms. The summed E-state index contributed by atoms with van der Waals surface area (Å²) in [5.41, 5.74) is 9.42. The first-order valence-electron chi connectivity index (χ1n) is 13.8. The third kappa shape index (κ3) is 6.04. The number of allylic oxidation sites excluding steroid dienone is 2. The number of halogens is 2. The molecule has 1 saturated carbocycles. The third-order valence-electron chi connectivity index (χ3n) is 7.52. The zero-order valence-electron chi connectivity index (χ0n) is 23.5. The van der Waals surface area contributed by atoms with E-state index in [1.165, 1.54) is 23.5 Å². The number of rotatable bonds is 6. The van der Waals surface area contributed by atoms with E-state index < -0.39 is 28.3 Å². The van der Waals surface area contributed by atoms with E-state index in [1.54, 1.807) is 18.2 Å². The molecule has 4 heterocycles. The number of nitrogens with one attached hydrogen (secondary N) is 1. The number of hydrogen-bond donors (Lipinski definition) is 2. The van der Waals surface area contributed by atoms with Crippen LogP contribution in [0, 0.1) is 23.6 Å². The normalized spacial score (nSPS) is 22.1. The minimum Gasteiger partial charge on any atom is -0.408 e. The van der Waals surface area contributed by atoms with Gasteiger partial charge in [0.1, 0.15) is 0 Å². The van der Waals surface area contributed by atoms with Crippen LogP contribution in [0.3, 0.4) is 0 Å². The van der Waals surface area contributed by atoms with E-state index in [-0.39, 0.29) is 35.0 Å². The van der Waals surface area contributed by atoms with E-state index in [9.17, 15) is 18.2 Å². The second-order valence-electron chi connectivity index (χ2n) is 11.5. The van der Waals surface area contributed by atoms with Crippen molar-refractivity contribution in [1.29, 1.82) is 0 Å². The Morgan fingerprint density at radius 2 is 2.00 bits per heavy atom. The Morgan fingerprint density at radius 3 is 2.61 bits per heavy atom. The fourth-order valence-electron chi connectivity index (χ4n) is 5.22. The largest absolute Gasteiger partial charge is 0.420 e. The van der Waals surface area contributed by atoms with Crippen molar-refractivity contribution in [2.24, 2.45) is 23.5 Å². The number of dihydropyridines is 1. The van der Waals surface area contributed by atoms with Gasteiger partial charge in [0, 0.05) is 28.5 Å². The van der Waals surface area contributed by atoms with Crippen molar-refractivity contribution >= 4 is 45.0 Å². The van der Waals surface area contributed by atoms with Gasteiger partial charge in [-0.1, -0.05) is 58.2 Å². The predicted molar refractivity (Wildman–Crippen MR) is 159 cm³/mol. The van der Waals surface area contributed by atoms with Crippen molar-refractivity contribution in [1.82, 2.24) is 14.9 Å². The van der Waals surface area contributed by atoms with Crippen molar-refractivity contribution in [3.05, 3.63) is 79.3 Å². The Kier molecular flexibility index (Phi) is 8.25. The summed E-state index contributed by atoms with van der Waals surface area (Å²) in [5, 5.41) is 3.36. The number of benzene rings is 1. The zero-order chi connectivity index (χ0) is 29.6. The molecule has 3 atom stereocenters. The molecule has 2 aliphatic heterocycles. The summed E-state index contributed by atoms with van der Waals surface area (Å²) in [6.45, 7) is 8.43. The molecule has 11 heteroatoms. The number of hydrogen-bond acceptors (Lipinski definition) is 6. The summed E-state index contributed by atoms with van der Waals surface area (Å²) < 4.78 is 33.6. The van der Waals surface area contributed by atoms with Crippen molar-refractivity contribution < 1.29 is 17.8 Å². The number of oxazole rings is 1. The molecular formula is C30H34ClFN4O4S. The molecule has 1 aliphatic carbocycles. The fraction of sp³-hybridized carbons (Fsp3) is 0.433. The number of carbonyl (C=O) groups is 1. The van der Waals surface area contributed by atoms with Crippen molar-refractivity contribution in [3.8, 4) is 0 Å². The zero-order valence-corrected chi connectivity index (χ0v) is 25.1. The van der Waals surface area contributed by atoms with Gasteiger partial charge >= 0.3 is 5.76 Å². The number of aromatic nitrogens is 2. The van der Waals surface area contributed by atoms with Crippen LogP contribution in [0.1, 0.15) is 58.2 Å². The second kappa shape index (κ2) is 11.6. The SMILES string of the molecule is CC(C)CC1NC2=C(C(c3ccc4c(c3)oc(=O)n4Cc3cc(Cl)c(F)cn3)=C1C(N)=O)S(=O)CC2C.CC1CC1. The maximum Gasteiger partial charge on any atom is 0.420 e. The highest BCUT2D eigenvalue weighted by atomic mass is 35.5. The van der Waals surface area contributed by atoms with Gasteiger partial charge in [-0.2, -0.15) is 0 Å². The number of carbonyl (C=O) groups excluding carboxylic acids is 1. The highest BCUT2D eigenvalue weighted by Gasteiger charge is 2.40. The van der Waals surface area contributed by atoms with Gasteiger partial charge in [0.2, 0.25) is 5.91 Å². The third-order valence-corrected chi connectivity index (χ3v) is 9.49. The van der Waals surface area contributed by atoms with Gasteiger partial charge in [-0.15, -0.1) is 0 Å². The maximum absolute atomic E-state index is 13.5. The Morgan fingerprint density at radius 1 is 1.29 bits per heavy atom. The molecule has 3 unspecified atom stereocenters. The number of nitrogens with two attached hydrogens (primary N) is 1. The van der Waals surface area contributed by atoms with Crippen LogP contribution in [0.5, 0.6) is 0 Å². The van der Waals surface area contributed by atoms with E-state index in [4.69, 9.17) is 21.8 Å². The molecule has 1 amide bonds. The fourth-order valence-corrected chi connectivity index (χ4v) is 7.15. The summed E-state index contributed by atoms with van der Waals surface area (Å²) in [4.78, 5) is 30.1. The summed E-state index contributed by atoms with van der Waals surface area (Å²) >= 11 is 5.86. The van der Waals surface area contributed by atoms with E-state index in [0.717, 1.165) is 17.8 Å². The van der Waals surface area contributed by atoms with Crippen molar-refractivity contribution in [2.45, 2.75) is 59.5 Å². The standard InChI is InChI=1S/C26H26ClFN4O4S.C4H8/c1-12(2)6-18-22(25(29)33)21(24-23(31-18)13(3)11-37(24)35)14-4-5-19-20(7-14)36-26(34)32(19)10-15-8-16(27)17(28)9-30-15;1-4-2-3-4/h4-5,7-9,12-13,18,31H,6,10-11H2,1-3H3,(H2,29,33);4H,2-3H2,1H3. The highest BCUT2D eigenvalue weighted by Crippen LogP contribution is 2.43. The van der Waals surface area contributed by atoms with Crippen LogP contribution in [0.2, 0.25) is 5.02 Å². The number of primary amides is 1. The molecule has 6 rings (SSSR count). The van der Waals surface area contributed by atoms with Crippen LogP contribution in [0.4, 0.5) is 4.39 Å². The lowest BCUT2D eigenvalue weighted by Gasteiger charge is -2.32. The quantitative estimate of drug-likeness (QED) is 0.405. The van der Waals surface area contributed by atoms with Crippen LogP contribution < -0.4 is 16.8 Å². The second-order valence-corrected chi connectivity index (χ2v) is 13.4. The molecule has 0 bridgehead atoms. The number of amides is 1. The number of fused-ring (bicyclic) bond motifs is 1. The molecular weight excluding hydrogens is 567 g/mol. The topological polar surface area (TPSA) is 120 Å². The average molecular weight is 601 g/mol. The van der Waals surface area contributed by atoms with Gasteiger partial charge in [-0.25, -0.2) is 9.18 Å². The molecule has 0 radical (unpaired) electrons. The Labute approximate surface area is 245 Å². The Bertz CT molecular complexity index is 1670. The first-order chi connectivity index (χ1) is 19.4. The van der Waals surface area contributed by atoms with Gasteiger partial charge in [-0.05, 0) is 42.0 Å². The van der Waals surface area contributed by atoms with Crippen LogP contribution in [-0.4, -0.2) is 31.5 Å². The Hall–Kier alpha value is -3.24. The van der Waals surface area contributed by atoms with Gasteiger partial charge < -0.3 is 15.5 Å². The van der Waals surface area contributed by atoms with E-state index in [2.05, 4.69) is 31.1 Å². The van der Waals surface area contributed by atoms with Crippen molar-refractivity contribution in [3.63, 3.8) is 0 Å². The highest BCUT2D eigenvalue weighted by molar-refractivity contribution is 7.90. The van der Waals surface area contributed by atoms with E-state index in [0.29, 0.717) is 45.0 Å². The van der Waals surface area contributed by atoms with Gasteiger partial charge in [0.05, 0.1) is 50.7 Å². The van der Waals surface area contributed by atoms with E-state index in [1.807, 2.05) is 6.92 Å². The lowest BCUT2D eigenvalue weighted by atomic mass is 9.85. The monoisotopic (exact) mass is 600 g/mol. The molecule has 0 saturated heterocycles.